The summed E-state index contributed by atoms with van der Waals surface area (Å²) in [5, 5.41) is 18.1. The van der Waals surface area contributed by atoms with Crippen molar-refractivity contribution in [2.24, 2.45) is 0 Å². The topological polar surface area (TPSA) is 57.5 Å². The molecule has 0 aromatic heterocycles. The fraction of sp³-hybridized carbons (Fsp3) is 0.611. The van der Waals surface area contributed by atoms with Crippen LogP contribution in [0.2, 0.25) is 0 Å². The number of hydrogen-bond acceptors (Lipinski definition) is 2. The van der Waals surface area contributed by atoms with Crippen molar-refractivity contribution in [1.29, 1.82) is 0 Å². The summed E-state index contributed by atoms with van der Waals surface area (Å²) in [4.78, 5) is 10.3. The van der Waals surface area contributed by atoms with Gasteiger partial charge in [-0.15, -0.1) is 0 Å². The molecule has 0 heterocycles. The quantitative estimate of drug-likeness (QED) is 0.266. The summed E-state index contributed by atoms with van der Waals surface area (Å²) < 4.78 is 0. The Morgan fingerprint density at radius 3 is 2.29 bits per heavy atom. The second-order valence-corrected chi connectivity index (χ2v) is 5.26. The van der Waals surface area contributed by atoms with Gasteiger partial charge in [0.1, 0.15) is 5.76 Å². The first-order valence-corrected chi connectivity index (χ1v) is 8.11. The number of aliphatic carboxylic acids is 1. The molecule has 0 aromatic rings. The molecular formula is C18H30O3. The van der Waals surface area contributed by atoms with E-state index in [2.05, 4.69) is 13.0 Å². The van der Waals surface area contributed by atoms with Gasteiger partial charge in [-0.2, -0.15) is 0 Å². The fourth-order valence-electron chi connectivity index (χ4n) is 1.91. The predicted octanol–water partition coefficient (Wildman–Crippen LogP) is 5.55. The van der Waals surface area contributed by atoms with E-state index in [1.54, 1.807) is 12.2 Å². The van der Waals surface area contributed by atoms with E-state index in [4.69, 9.17) is 5.11 Å². The summed E-state index contributed by atoms with van der Waals surface area (Å²) in [5.74, 6) is -0.409. The Balaban J connectivity index is 3.51. The molecule has 2 N–H and O–H groups in total. The molecule has 3 nitrogen and oxygen atoms in total. The van der Waals surface area contributed by atoms with Gasteiger partial charge in [0.25, 0.3) is 0 Å². The van der Waals surface area contributed by atoms with Gasteiger partial charge in [0.05, 0.1) is 0 Å². The Morgan fingerprint density at radius 2 is 1.57 bits per heavy atom. The smallest absolute Gasteiger partial charge is 0.303 e. The maximum Gasteiger partial charge on any atom is 0.303 e. The molecule has 0 spiro atoms. The molecule has 0 amide bonds. The molecule has 0 saturated carbocycles. The van der Waals surface area contributed by atoms with Gasteiger partial charge in [0.15, 0.2) is 0 Å². The summed E-state index contributed by atoms with van der Waals surface area (Å²) in [7, 11) is 0. The highest BCUT2D eigenvalue weighted by molar-refractivity contribution is 5.66. The standard InChI is InChI=1S/C18H30O3/c1-2-3-4-8-11-14-17(19)15-12-9-6-5-7-10-13-16-18(20)21/h8,11-12,14-15,19H,2-7,9-10,13,16H2,1H3,(H,20,21)/b11-8+,15-12+,17-14-. The first kappa shape index (κ1) is 19.5. The minimum Gasteiger partial charge on any atom is -0.508 e. The van der Waals surface area contributed by atoms with Gasteiger partial charge in [-0.05, 0) is 37.8 Å². The average Bonchev–Trinajstić information content (AvgIpc) is 2.45. The minimum absolute atomic E-state index is 0.282. The number of allylic oxidation sites excluding steroid dienone is 5. The highest BCUT2D eigenvalue weighted by Crippen LogP contribution is 2.08. The Kier molecular flexibility index (Phi) is 13.8. The molecule has 0 atom stereocenters. The lowest BCUT2D eigenvalue weighted by Crippen LogP contribution is -1.93. The van der Waals surface area contributed by atoms with Gasteiger partial charge >= 0.3 is 5.97 Å². The summed E-state index contributed by atoms with van der Waals surface area (Å²) in [6.07, 6.45) is 19.2. The van der Waals surface area contributed by atoms with Crippen LogP contribution in [-0.4, -0.2) is 16.2 Å². The number of aliphatic hydroxyl groups is 1. The average molecular weight is 294 g/mol. The zero-order chi connectivity index (χ0) is 15.8. The van der Waals surface area contributed by atoms with Crippen LogP contribution < -0.4 is 0 Å². The highest BCUT2D eigenvalue weighted by atomic mass is 16.4. The molecule has 0 unspecified atom stereocenters. The van der Waals surface area contributed by atoms with E-state index in [0.717, 1.165) is 44.9 Å². The van der Waals surface area contributed by atoms with Crippen molar-refractivity contribution in [3.8, 4) is 0 Å². The van der Waals surface area contributed by atoms with Crippen molar-refractivity contribution in [1.82, 2.24) is 0 Å². The molecule has 3 heteroatoms. The van der Waals surface area contributed by atoms with Gasteiger partial charge in [0.2, 0.25) is 0 Å². The lowest BCUT2D eigenvalue weighted by molar-refractivity contribution is -0.137. The second kappa shape index (κ2) is 14.9. The van der Waals surface area contributed by atoms with Crippen LogP contribution in [0.1, 0.15) is 71.1 Å². The summed E-state index contributed by atoms with van der Waals surface area (Å²) in [6.45, 7) is 2.16. The Labute approximate surface area is 129 Å². The molecule has 0 saturated heterocycles. The van der Waals surface area contributed by atoms with Crippen LogP contribution in [-0.2, 0) is 4.79 Å². The van der Waals surface area contributed by atoms with Crippen molar-refractivity contribution in [3.63, 3.8) is 0 Å². The molecule has 0 fully saturated rings. The van der Waals surface area contributed by atoms with Gasteiger partial charge in [-0.3, -0.25) is 4.79 Å². The van der Waals surface area contributed by atoms with Crippen LogP contribution in [0.25, 0.3) is 0 Å². The van der Waals surface area contributed by atoms with Crippen LogP contribution in [0.4, 0.5) is 0 Å². The molecule has 0 radical (unpaired) electrons. The van der Waals surface area contributed by atoms with E-state index in [1.807, 2.05) is 12.2 Å². The zero-order valence-corrected chi connectivity index (χ0v) is 13.3. The number of rotatable bonds is 13. The van der Waals surface area contributed by atoms with Crippen molar-refractivity contribution in [2.75, 3.05) is 0 Å². The molecule has 0 aromatic carbocycles. The Morgan fingerprint density at radius 1 is 0.905 bits per heavy atom. The van der Waals surface area contributed by atoms with E-state index in [9.17, 15) is 9.90 Å². The van der Waals surface area contributed by atoms with Crippen molar-refractivity contribution >= 4 is 5.97 Å². The van der Waals surface area contributed by atoms with Gasteiger partial charge < -0.3 is 10.2 Å². The van der Waals surface area contributed by atoms with Gasteiger partial charge in [0, 0.05) is 6.42 Å². The van der Waals surface area contributed by atoms with Crippen LogP contribution in [0.3, 0.4) is 0 Å². The van der Waals surface area contributed by atoms with Crippen molar-refractivity contribution in [3.05, 3.63) is 36.1 Å². The number of carboxylic acids is 1. The summed E-state index contributed by atoms with van der Waals surface area (Å²) in [6, 6.07) is 0. The van der Waals surface area contributed by atoms with Crippen LogP contribution in [0.5, 0.6) is 0 Å². The maximum absolute atomic E-state index is 10.3. The zero-order valence-electron chi connectivity index (χ0n) is 13.3. The lowest BCUT2D eigenvalue weighted by atomic mass is 10.1. The monoisotopic (exact) mass is 294 g/mol. The SMILES string of the molecule is CCCC/C=C/C=C(O)/C=C/CCCCCCCC(=O)O. The van der Waals surface area contributed by atoms with Gasteiger partial charge in [-0.25, -0.2) is 0 Å². The molecule has 0 rings (SSSR count). The first-order chi connectivity index (χ1) is 10.2. The third kappa shape index (κ3) is 16.4. The third-order valence-electron chi connectivity index (χ3n) is 3.18. The number of carboxylic acid groups (broad SMARTS) is 1. The fourth-order valence-corrected chi connectivity index (χ4v) is 1.91. The highest BCUT2D eigenvalue weighted by Gasteiger charge is 1.95. The molecule has 0 aliphatic rings. The molecule has 0 aliphatic heterocycles. The molecular weight excluding hydrogens is 264 g/mol. The molecule has 0 aliphatic carbocycles. The maximum atomic E-state index is 10.3. The predicted molar refractivity (Wildman–Crippen MR) is 88.5 cm³/mol. The molecule has 120 valence electrons. The Hall–Kier alpha value is -1.51. The van der Waals surface area contributed by atoms with Gasteiger partial charge in [-0.1, -0.05) is 57.3 Å². The summed E-state index contributed by atoms with van der Waals surface area (Å²) in [5.41, 5.74) is 0. The van der Waals surface area contributed by atoms with E-state index < -0.39 is 5.97 Å². The van der Waals surface area contributed by atoms with E-state index >= 15 is 0 Å². The number of hydrogen-bond donors (Lipinski definition) is 2. The second-order valence-electron chi connectivity index (χ2n) is 5.26. The largest absolute Gasteiger partial charge is 0.508 e. The van der Waals surface area contributed by atoms with E-state index in [1.165, 1.54) is 12.8 Å². The normalized spacial score (nSPS) is 12.5. The first-order valence-electron chi connectivity index (χ1n) is 8.11. The van der Waals surface area contributed by atoms with E-state index in [-0.39, 0.29) is 6.42 Å². The molecule has 0 bridgehead atoms. The van der Waals surface area contributed by atoms with Crippen molar-refractivity contribution in [2.45, 2.75) is 71.1 Å². The number of unbranched alkanes of at least 4 members (excludes halogenated alkanes) is 7. The van der Waals surface area contributed by atoms with Crippen LogP contribution in [0, 0.1) is 0 Å². The molecule has 21 heavy (non-hydrogen) atoms. The number of carbonyl (C=O) groups is 1. The van der Waals surface area contributed by atoms with Crippen molar-refractivity contribution < 1.29 is 15.0 Å². The summed E-state index contributed by atoms with van der Waals surface area (Å²) >= 11 is 0. The minimum atomic E-state index is -0.705. The van der Waals surface area contributed by atoms with Crippen LogP contribution >= 0.6 is 0 Å². The lowest BCUT2D eigenvalue weighted by Gasteiger charge is -1.98. The Bertz CT molecular complexity index is 340. The van der Waals surface area contributed by atoms with E-state index in [0.29, 0.717) is 5.76 Å². The number of aliphatic hydroxyl groups excluding tert-OH is 1. The van der Waals surface area contributed by atoms with Crippen LogP contribution in [0.15, 0.2) is 36.1 Å². The third-order valence-corrected chi connectivity index (χ3v) is 3.18.